The lowest BCUT2D eigenvalue weighted by atomic mass is 9.96. The molecule has 25 heavy (non-hydrogen) atoms. The third-order valence-electron chi connectivity index (χ3n) is 4.97. The Morgan fingerprint density at radius 3 is 2.56 bits per heavy atom. The van der Waals surface area contributed by atoms with Crippen LogP contribution in [0.1, 0.15) is 24.9 Å². The van der Waals surface area contributed by atoms with Gasteiger partial charge in [0, 0.05) is 12.6 Å². The number of rotatable bonds is 4. The molecule has 0 N–H and O–H groups in total. The zero-order valence-corrected chi connectivity index (χ0v) is 16.0. The summed E-state index contributed by atoms with van der Waals surface area (Å²) in [5.41, 5.74) is 1.05. The normalized spacial score (nSPS) is 21.4. The van der Waals surface area contributed by atoms with Gasteiger partial charge in [-0.05, 0) is 54.0 Å². The molecule has 0 spiro atoms. The number of nitrogens with zero attached hydrogens (tertiary/aromatic N) is 3. The van der Waals surface area contributed by atoms with E-state index in [9.17, 15) is 8.78 Å². The number of anilines is 1. The van der Waals surface area contributed by atoms with E-state index >= 15 is 0 Å². The molecule has 0 radical (unpaired) electrons. The Hall–Kier alpha value is -1.53. The summed E-state index contributed by atoms with van der Waals surface area (Å²) in [6.07, 6.45) is 0.398. The molecule has 3 rings (SSSR count). The maximum Gasteiger partial charge on any atom is 0.280 e. The summed E-state index contributed by atoms with van der Waals surface area (Å²) < 4.78 is 30.5. The molecule has 0 aliphatic carbocycles. The van der Waals surface area contributed by atoms with Crippen LogP contribution in [-0.2, 0) is 0 Å². The van der Waals surface area contributed by atoms with Gasteiger partial charge in [0.1, 0.15) is 10.4 Å². The van der Waals surface area contributed by atoms with E-state index in [0.717, 1.165) is 5.56 Å². The second kappa shape index (κ2) is 7.38. The predicted molar refractivity (Wildman–Crippen MR) is 100 cm³/mol. The van der Waals surface area contributed by atoms with Gasteiger partial charge in [-0.2, -0.15) is 0 Å². The van der Waals surface area contributed by atoms with Crippen molar-refractivity contribution in [2.75, 3.05) is 25.0 Å². The Balaban J connectivity index is 1.74. The summed E-state index contributed by atoms with van der Waals surface area (Å²) in [6.45, 7) is 2.23. The first-order valence-corrected chi connectivity index (χ1v) is 9.20. The fraction of sp³-hybridized carbons (Fsp3) is 0.421. The third kappa shape index (κ3) is 4.01. The first-order chi connectivity index (χ1) is 11.9. The van der Waals surface area contributed by atoms with Gasteiger partial charge >= 0.3 is 0 Å². The zero-order chi connectivity index (χ0) is 18.0. The Morgan fingerprint density at radius 2 is 1.92 bits per heavy atom. The van der Waals surface area contributed by atoms with Gasteiger partial charge in [0.05, 0.1) is 12.6 Å². The average Bonchev–Trinajstić information content (AvgIpc) is 2.60. The number of hydrogen-bond acceptors (Lipinski definition) is 3. The van der Waals surface area contributed by atoms with E-state index in [1.54, 1.807) is 29.0 Å². The van der Waals surface area contributed by atoms with Crippen molar-refractivity contribution in [3.05, 3.63) is 58.7 Å². The average molecular weight is 410 g/mol. The molecule has 134 valence electrons. The van der Waals surface area contributed by atoms with Crippen molar-refractivity contribution in [3.63, 3.8) is 0 Å². The standard InChI is InChI=1S/C19H22BrF2N3/c1-14(15-7-4-3-5-8-15)24(2)16-11-12-25(13-19(16,21)22)18-10-6-9-17(20)23-18/h3-10,14,16H,11-13H2,1-2H3/t14-,16?/m1/s1. The molecular formula is C19H22BrF2N3. The molecule has 0 amide bonds. The van der Waals surface area contributed by atoms with Gasteiger partial charge in [-0.15, -0.1) is 0 Å². The maximum absolute atomic E-state index is 14.9. The van der Waals surface area contributed by atoms with E-state index in [1.165, 1.54) is 0 Å². The van der Waals surface area contributed by atoms with E-state index in [-0.39, 0.29) is 12.6 Å². The lowest BCUT2D eigenvalue weighted by Gasteiger charge is -2.44. The number of hydrogen-bond donors (Lipinski definition) is 0. The molecule has 2 atom stereocenters. The Bertz CT molecular complexity index is 711. The largest absolute Gasteiger partial charge is 0.350 e. The minimum Gasteiger partial charge on any atom is -0.350 e. The minimum absolute atomic E-state index is 0.0624. The zero-order valence-electron chi connectivity index (χ0n) is 14.4. The first kappa shape index (κ1) is 18.3. The lowest BCUT2D eigenvalue weighted by molar-refractivity contribution is -0.0907. The van der Waals surface area contributed by atoms with Gasteiger partial charge in [-0.1, -0.05) is 36.4 Å². The van der Waals surface area contributed by atoms with Gasteiger partial charge in [0.15, 0.2) is 0 Å². The van der Waals surface area contributed by atoms with Crippen LogP contribution in [0.15, 0.2) is 53.1 Å². The molecule has 1 aliphatic heterocycles. The van der Waals surface area contributed by atoms with Gasteiger partial charge < -0.3 is 4.90 Å². The Labute approximate surface area is 155 Å². The molecule has 1 aromatic heterocycles. The van der Waals surface area contributed by atoms with E-state index in [1.807, 2.05) is 43.3 Å². The molecule has 2 aromatic rings. The highest BCUT2D eigenvalue weighted by atomic mass is 79.9. The van der Waals surface area contributed by atoms with Crippen molar-refractivity contribution in [2.45, 2.75) is 31.4 Å². The van der Waals surface area contributed by atoms with Crippen LogP contribution in [0.5, 0.6) is 0 Å². The van der Waals surface area contributed by atoms with Crippen LogP contribution in [0.3, 0.4) is 0 Å². The minimum atomic E-state index is -2.81. The van der Waals surface area contributed by atoms with Gasteiger partial charge in [-0.25, -0.2) is 13.8 Å². The number of piperidine rings is 1. The Morgan fingerprint density at radius 1 is 1.20 bits per heavy atom. The van der Waals surface area contributed by atoms with Crippen LogP contribution >= 0.6 is 15.9 Å². The second-order valence-electron chi connectivity index (χ2n) is 6.56. The van der Waals surface area contributed by atoms with Crippen molar-refractivity contribution in [2.24, 2.45) is 0 Å². The lowest BCUT2D eigenvalue weighted by Crippen LogP contribution is -2.58. The van der Waals surface area contributed by atoms with Gasteiger partial charge in [0.25, 0.3) is 5.92 Å². The number of pyridine rings is 1. The van der Waals surface area contributed by atoms with E-state index in [4.69, 9.17) is 0 Å². The molecule has 1 unspecified atom stereocenters. The molecule has 1 fully saturated rings. The summed E-state index contributed by atoms with van der Waals surface area (Å²) in [5, 5.41) is 0. The third-order valence-corrected chi connectivity index (χ3v) is 5.41. The molecule has 1 aromatic carbocycles. The van der Waals surface area contributed by atoms with Crippen LogP contribution < -0.4 is 4.90 Å². The molecular weight excluding hydrogens is 388 g/mol. The van der Waals surface area contributed by atoms with Crippen LogP contribution in [0.4, 0.5) is 14.6 Å². The quantitative estimate of drug-likeness (QED) is 0.679. The highest BCUT2D eigenvalue weighted by Gasteiger charge is 2.47. The molecule has 0 bridgehead atoms. The summed E-state index contributed by atoms with van der Waals surface area (Å²) >= 11 is 3.30. The molecule has 0 saturated carbocycles. The summed E-state index contributed by atoms with van der Waals surface area (Å²) in [5.74, 6) is -2.22. The second-order valence-corrected chi connectivity index (χ2v) is 7.37. The molecule has 2 heterocycles. The number of benzene rings is 1. The smallest absolute Gasteiger partial charge is 0.280 e. The molecule has 1 saturated heterocycles. The number of halogens is 3. The van der Waals surface area contributed by atoms with Crippen LogP contribution in [0.2, 0.25) is 0 Å². The van der Waals surface area contributed by atoms with Gasteiger partial charge in [0.2, 0.25) is 0 Å². The van der Waals surface area contributed by atoms with Crippen molar-refractivity contribution >= 4 is 21.7 Å². The Kier molecular flexibility index (Phi) is 5.39. The predicted octanol–water partition coefficient (Wildman–Crippen LogP) is 4.75. The molecule has 3 nitrogen and oxygen atoms in total. The van der Waals surface area contributed by atoms with E-state index < -0.39 is 12.0 Å². The summed E-state index contributed by atoms with van der Waals surface area (Å²) in [6, 6.07) is 14.3. The monoisotopic (exact) mass is 409 g/mol. The van der Waals surface area contributed by atoms with Crippen LogP contribution in [0, 0.1) is 0 Å². The van der Waals surface area contributed by atoms with E-state index in [2.05, 4.69) is 20.9 Å². The number of aromatic nitrogens is 1. The van der Waals surface area contributed by atoms with Crippen molar-refractivity contribution in [1.82, 2.24) is 9.88 Å². The topological polar surface area (TPSA) is 19.4 Å². The fourth-order valence-electron chi connectivity index (χ4n) is 3.44. The first-order valence-electron chi connectivity index (χ1n) is 8.41. The molecule has 6 heteroatoms. The SMILES string of the molecule is C[C@H](c1ccccc1)N(C)C1CCN(c2cccc(Br)n2)CC1(F)F. The molecule has 1 aliphatic rings. The maximum atomic E-state index is 14.9. The fourth-order valence-corrected chi connectivity index (χ4v) is 3.77. The van der Waals surface area contributed by atoms with Crippen molar-refractivity contribution < 1.29 is 8.78 Å². The highest BCUT2D eigenvalue weighted by molar-refractivity contribution is 9.10. The van der Waals surface area contributed by atoms with Crippen molar-refractivity contribution in [3.8, 4) is 0 Å². The van der Waals surface area contributed by atoms with Crippen LogP contribution in [0.25, 0.3) is 0 Å². The van der Waals surface area contributed by atoms with Crippen LogP contribution in [-0.4, -0.2) is 42.0 Å². The summed E-state index contributed by atoms with van der Waals surface area (Å²) in [7, 11) is 1.79. The van der Waals surface area contributed by atoms with Crippen molar-refractivity contribution in [1.29, 1.82) is 0 Å². The van der Waals surface area contributed by atoms with Gasteiger partial charge in [-0.3, -0.25) is 4.90 Å². The summed E-state index contributed by atoms with van der Waals surface area (Å²) in [4.78, 5) is 7.79. The number of alkyl halides is 2. The van der Waals surface area contributed by atoms with E-state index in [0.29, 0.717) is 23.4 Å². The highest BCUT2D eigenvalue weighted by Crippen LogP contribution is 2.36.